The average molecular weight is 567 g/mol. The third-order valence-electron chi connectivity index (χ3n) is 6.89. The van der Waals surface area contributed by atoms with Gasteiger partial charge in [0.2, 0.25) is 0 Å². The Labute approximate surface area is 236 Å². The van der Waals surface area contributed by atoms with Crippen LogP contribution in [0.5, 0.6) is 0 Å². The molecule has 0 aromatic heterocycles. The van der Waals surface area contributed by atoms with Crippen molar-refractivity contribution in [3.05, 3.63) is 106 Å². The summed E-state index contributed by atoms with van der Waals surface area (Å²) in [6, 6.07) is 17.3. The van der Waals surface area contributed by atoms with Crippen LogP contribution in [0.4, 0.5) is 0 Å². The lowest BCUT2D eigenvalue weighted by molar-refractivity contribution is -0.147. The fraction of sp³-hybridized carbons (Fsp3) is 0.323. The minimum Gasteiger partial charge on any atom is -0.459 e. The van der Waals surface area contributed by atoms with Crippen molar-refractivity contribution < 1.29 is 17.9 Å². The Kier molecular flexibility index (Phi) is 9.49. The summed E-state index contributed by atoms with van der Waals surface area (Å²) >= 11 is 6.82. The summed E-state index contributed by atoms with van der Waals surface area (Å²) in [5, 5.41) is 7.30. The summed E-state index contributed by atoms with van der Waals surface area (Å²) in [6.07, 6.45) is 4.08. The summed E-state index contributed by atoms with van der Waals surface area (Å²) in [5.41, 5.74) is 6.59. The maximum atomic E-state index is 13.4. The van der Waals surface area contributed by atoms with E-state index >= 15 is 0 Å². The van der Waals surface area contributed by atoms with E-state index in [9.17, 15) is 13.2 Å². The van der Waals surface area contributed by atoms with Gasteiger partial charge in [-0.1, -0.05) is 74.0 Å². The molecule has 4 rings (SSSR count). The van der Waals surface area contributed by atoms with Crippen LogP contribution in [0.1, 0.15) is 46.7 Å². The lowest BCUT2D eigenvalue weighted by atomic mass is 9.88. The summed E-state index contributed by atoms with van der Waals surface area (Å²) in [5.74, 6) is -0.458. The van der Waals surface area contributed by atoms with Crippen molar-refractivity contribution in [3.8, 4) is 0 Å². The zero-order valence-corrected chi connectivity index (χ0v) is 24.0. The van der Waals surface area contributed by atoms with Crippen LogP contribution in [-0.2, 0) is 51.8 Å². The monoisotopic (exact) mass is 566 g/mol. The van der Waals surface area contributed by atoms with Gasteiger partial charge in [0, 0.05) is 30.5 Å². The molecule has 0 radical (unpaired) electrons. The van der Waals surface area contributed by atoms with Crippen molar-refractivity contribution in [2.75, 3.05) is 12.8 Å². The van der Waals surface area contributed by atoms with Crippen LogP contribution in [0, 0.1) is 0 Å². The van der Waals surface area contributed by atoms with Gasteiger partial charge in [-0.25, -0.2) is 13.2 Å². The molecular weight excluding hydrogens is 532 g/mol. The highest BCUT2D eigenvalue weighted by Gasteiger charge is 2.26. The number of nitrogens with one attached hydrogen (secondary N) is 2. The van der Waals surface area contributed by atoms with E-state index in [0.717, 1.165) is 49.0 Å². The number of ether oxygens (including phenoxy) is 1. The van der Waals surface area contributed by atoms with Gasteiger partial charge in [-0.3, -0.25) is 0 Å². The number of esters is 1. The second kappa shape index (κ2) is 12.8. The Balaban J connectivity index is 1.65. The average Bonchev–Trinajstić information content (AvgIpc) is 2.91. The van der Waals surface area contributed by atoms with E-state index in [1.807, 2.05) is 36.4 Å². The number of hydrogen-bond acceptors (Lipinski definition) is 6. The van der Waals surface area contributed by atoms with Gasteiger partial charge in [-0.2, -0.15) is 0 Å². The first-order valence-corrected chi connectivity index (χ1v) is 15.4. The molecule has 2 N–H and O–H groups in total. The maximum Gasteiger partial charge on any atom is 0.329 e. The quantitative estimate of drug-likeness (QED) is 0.308. The van der Waals surface area contributed by atoms with Crippen LogP contribution in [0.3, 0.4) is 0 Å². The normalized spacial score (nSPS) is 13.8. The van der Waals surface area contributed by atoms with Crippen molar-refractivity contribution in [3.63, 3.8) is 0 Å². The molecule has 0 fully saturated rings. The number of carbonyl (C=O) groups excluding carboxylic acids is 1. The lowest BCUT2D eigenvalue weighted by Gasteiger charge is -2.27. The maximum absolute atomic E-state index is 13.4. The number of halogens is 1. The standard InChI is InChI=1S/C31H35ClN2O4S/c1-4-9-27-26-14-15-33-19-24(26)18-28(32)30(27)21(2)34-29(31(35)38-20-22-10-6-5-7-11-22)17-23-12-8-13-25(16-23)39(3,36)37/h5-8,10-13,16,18,29,33-34H,2,4,9,14-15,17,19-20H2,1,3H3. The second-order valence-electron chi connectivity index (χ2n) is 9.92. The molecule has 1 atom stereocenters. The summed E-state index contributed by atoms with van der Waals surface area (Å²) in [7, 11) is -3.40. The number of fused-ring (bicyclic) bond motifs is 1. The van der Waals surface area contributed by atoms with E-state index in [1.165, 1.54) is 17.4 Å². The molecule has 206 valence electrons. The predicted molar refractivity (Wildman–Crippen MR) is 156 cm³/mol. The Hall–Kier alpha value is -3.13. The molecule has 3 aromatic rings. The van der Waals surface area contributed by atoms with Crippen LogP contribution in [0.2, 0.25) is 5.02 Å². The predicted octanol–water partition coefficient (Wildman–Crippen LogP) is 5.26. The minimum atomic E-state index is -3.40. The number of hydrogen-bond donors (Lipinski definition) is 2. The lowest BCUT2D eigenvalue weighted by Crippen LogP contribution is -2.39. The molecule has 8 heteroatoms. The van der Waals surface area contributed by atoms with E-state index < -0.39 is 21.8 Å². The molecule has 0 bridgehead atoms. The van der Waals surface area contributed by atoms with Crippen molar-refractivity contribution in [1.29, 1.82) is 0 Å². The van der Waals surface area contributed by atoms with Crippen molar-refractivity contribution in [2.45, 2.75) is 56.7 Å². The van der Waals surface area contributed by atoms with Crippen molar-refractivity contribution >= 4 is 33.1 Å². The molecule has 39 heavy (non-hydrogen) atoms. The highest BCUT2D eigenvalue weighted by molar-refractivity contribution is 7.90. The van der Waals surface area contributed by atoms with Gasteiger partial charge >= 0.3 is 5.97 Å². The first-order chi connectivity index (χ1) is 18.7. The van der Waals surface area contributed by atoms with E-state index in [0.29, 0.717) is 16.3 Å². The summed E-state index contributed by atoms with van der Waals surface area (Å²) in [4.78, 5) is 13.6. The van der Waals surface area contributed by atoms with E-state index in [2.05, 4.69) is 24.1 Å². The zero-order valence-electron chi connectivity index (χ0n) is 22.4. The highest BCUT2D eigenvalue weighted by Crippen LogP contribution is 2.34. The molecule has 0 aliphatic carbocycles. The Morgan fingerprint density at radius 3 is 2.59 bits per heavy atom. The number of sulfone groups is 1. The van der Waals surface area contributed by atoms with Gasteiger partial charge < -0.3 is 15.4 Å². The van der Waals surface area contributed by atoms with Gasteiger partial charge in [0.25, 0.3) is 0 Å². The van der Waals surface area contributed by atoms with Crippen LogP contribution < -0.4 is 10.6 Å². The van der Waals surface area contributed by atoms with Gasteiger partial charge in [-0.05, 0) is 65.4 Å². The molecule has 1 heterocycles. The molecule has 0 amide bonds. The molecule has 3 aromatic carbocycles. The molecule has 6 nitrogen and oxygen atoms in total. The molecule has 1 aliphatic rings. The third-order valence-corrected chi connectivity index (χ3v) is 8.29. The first-order valence-electron chi connectivity index (χ1n) is 13.2. The molecule has 1 unspecified atom stereocenters. The van der Waals surface area contributed by atoms with Crippen LogP contribution >= 0.6 is 11.6 Å². The summed E-state index contributed by atoms with van der Waals surface area (Å²) in [6.45, 7) is 8.23. The van der Waals surface area contributed by atoms with Crippen LogP contribution in [0.25, 0.3) is 5.70 Å². The van der Waals surface area contributed by atoms with Crippen molar-refractivity contribution in [2.24, 2.45) is 0 Å². The van der Waals surface area contributed by atoms with Crippen molar-refractivity contribution in [1.82, 2.24) is 10.6 Å². The van der Waals surface area contributed by atoms with E-state index in [-0.39, 0.29) is 17.9 Å². The topological polar surface area (TPSA) is 84.5 Å². The third kappa shape index (κ3) is 7.29. The number of rotatable bonds is 11. The molecule has 1 aliphatic heterocycles. The second-order valence-corrected chi connectivity index (χ2v) is 12.3. The Morgan fingerprint density at radius 2 is 1.87 bits per heavy atom. The highest BCUT2D eigenvalue weighted by atomic mass is 35.5. The van der Waals surface area contributed by atoms with E-state index in [4.69, 9.17) is 16.3 Å². The molecular formula is C31H35ClN2O4S. The van der Waals surface area contributed by atoms with Crippen LogP contribution in [-0.4, -0.2) is 33.2 Å². The minimum absolute atomic E-state index is 0.126. The smallest absolute Gasteiger partial charge is 0.329 e. The van der Waals surface area contributed by atoms with E-state index in [1.54, 1.807) is 24.3 Å². The summed E-state index contributed by atoms with van der Waals surface area (Å²) < 4.78 is 30.0. The first kappa shape index (κ1) is 28.9. The number of carbonyl (C=O) groups is 1. The fourth-order valence-corrected chi connectivity index (χ4v) is 6.05. The Morgan fingerprint density at radius 1 is 1.13 bits per heavy atom. The van der Waals surface area contributed by atoms with Crippen LogP contribution in [0.15, 0.2) is 72.1 Å². The largest absolute Gasteiger partial charge is 0.459 e. The van der Waals surface area contributed by atoms with Gasteiger partial charge in [0.1, 0.15) is 12.6 Å². The number of benzene rings is 3. The van der Waals surface area contributed by atoms with Gasteiger partial charge in [-0.15, -0.1) is 0 Å². The zero-order chi connectivity index (χ0) is 28.0. The van der Waals surface area contributed by atoms with Gasteiger partial charge in [0.05, 0.1) is 9.92 Å². The SMILES string of the molecule is C=C(NC(Cc1cccc(S(C)(=O)=O)c1)C(=O)OCc1ccccc1)c1c(Cl)cc2c(c1CCC)CCNC2. The molecule has 0 saturated carbocycles. The molecule has 0 spiro atoms. The fourth-order valence-electron chi connectivity index (χ4n) is 5.00. The molecule has 0 saturated heterocycles. The van der Waals surface area contributed by atoms with Gasteiger partial charge in [0.15, 0.2) is 9.84 Å². The Bertz CT molecular complexity index is 1450.